The van der Waals surface area contributed by atoms with Crippen LogP contribution in [0.1, 0.15) is 38.5 Å². The van der Waals surface area contributed by atoms with Crippen molar-refractivity contribution in [2.75, 3.05) is 46.9 Å². The van der Waals surface area contributed by atoms with Crippen LogP contribution in [0.5, 0.6) is 0 Å². The van der Waals surface area contributed by atoms with E-state index >= 15 is 0 Å². The summed E-state index contributed by atoms with van der Waals surface area (Å²) in [6.07, 6.45) is 7.06. The molecule has 0 aromatic heterocycles. The third kappa shape index (κ3) is 4.41. The van der Waals surface area contributed by atoms with Crippen LogP contribution in [-0.4, -0.2) is 63.8 Å². The van der Waals surface area contributed by atoms with E-state index in [1.54, 1.807) is 7.11 Å². The molecule has 2 aliphatic rings. The Labute approximate surface area is 128 Å². The molecule has 2 fully saturated rings. The van der Waals surface area contributed by atoms with Crippen molar-refractivity contribution >= 4 is 5.91 Å². The number of rotatable bonds is 7. The van der Waals surface area contributed by atoms with Gasteiger partial charge in [-0.3, -0.25) is 4.79 Å². The number of likely N-dealkylation sites (N-methyl/N-ethyl adjacent to an activating group) is 1. The predicted molar refractivity (Wildman–Crippen MR) is 84.3 cm³/mol. The first kappa shape index (κ1) is 16.7. The number of piperidine rings is 1. The fourth-order valence-corrected chi connectivity index (χ4v) is 3.68. The molecule has 0 bridgehead atoms. The Balaban J connectivity index is 1.76. The molecule has 21 heavy (non-hydrogen) atoms. The lowest BCUT2D eigenvalue weighted by Crippen LogP contribution is -2.51. The standard InChI is InChI=1S/C16H31N3O2/c1-19(14-5-3-4-6-14)12-11-18-15(20)16(13-21-2)7-9-17-10-8-16/h14,17H,3-13H2,1-2H3,(H,18,20). The van der Waals surface area contributed by atoms with Crippen LogP contribution >= 0.6 is 0 Å². The molecule has 0 spiro atoms. The van der Waals surface area contributed by atoms with Gasteiger partial charge < -0.3 is 20.3 Å². The molecule has 0 aromatic carbocycles. The van der Waals surface area contributed by atoms with Crippen LogP contribution in [0.4, 0.5) is 0 Å². The number of hydrogen-bond acceptors (Lipinski definition) is 4. The van der Waals surface area contributed by atoms with Gasteiger partial charge in [0.1, 0.15) is 0 Å². The van der Waals surface area contributed by atoms with Crippen molar-refractivity contribution in [1.82, 2.24) is 15.5 Å². The van der Waals surface area contributed by atoms with Crippen LogP contribution in [0, 0.1) is 5.41 Å². The Bertz CT molecular complexity index is 318. The maximum atomic E-state index is 12.6. The number of ether oxygens (including phenoxy) is 1. The van der Waals surface area contributed by atoms with E-state index in [0.29, 0.717) is 12.6 Å². The number of methoxy groups -OCH3 is 1. The summed E-state index contributed by atoms with van der Waals surface area (Å²) in [4.78, 5) is 15.0. The van der Waals surface area contributed by atoms with Gasteiger partial charge in [0.2, 0.25) is 5.91 Å². The zero-order chi connectivity index (χ0) is 15.1. The summed E-state index contributed by atoms with van der Waals surface area (Å²) in [5.74, 6) is 0.172. The Morgan fingerprint density at radius 3 is 2.62 bits per heavy atom. The van der Waals surface area contributed by atoms with E-state index < -0.39 is 0 Å². The number of carbonyl (C=O) groups is 1. The average Bonchev–Trinajstić information content (AvgIpc) is 3.02. The van der Waals surface area contributed by atoms with E-state index in [9.17, 15) is 4.79 Å². The van der Waals surface area contributed by atoms with Gasteiger partial charge in [-0.1, -0.05) is 12.8 Å². The molecule has 122 valence electrons. The molecule has 1 heterocycles. The minimum Gasteiger partial charge on any atom is -0.384 e. The summed E-state index contributed by atoms with van der Waals surface area (Å²) in [5.41, 5.74) is -0.327. The minimum atomic E-state index is -0.327. The van der Waals surface area contributed by atoms with Crippen molar-refractivity contribution < 1.29 is 9.53 Å². The molecule has 2 rings (SSSR count). The zero-order valence-electron chi connectivity index (χ0n) is 13.6. The van der Waals surface area contributed by atoms with Gasteiger partial charge in [-0.25, -0.2) is 0 Å². The third-order valence-electron chi connectivity index (χ3n) is 5.16. The van der Waals surface area contributed by atoms with E-state index in [1.807, 2.05) is 0 Å². The van der Waals surface area contributed by atoms with Gasteiger partial charge in [-0.2, -0.15) is 0 Å². The molecule has 1 aliphatic carbocycles. The van der Waals surface area contributed by atoms with Crippen LogP contribution < -0.4 is 10.6 Å². The number of nitrogens with zero attached hydrogens (tertiary/aromatic N) is 1. The molecule has 1 saturated carbocycles. The number of hydrogen-bond donors (Lipinski definition) is 2. The predicted octanol–water partition coefficient (Wildman–Crippen LogP) is 0.993. The van der Waals surface area contributed by atoms with Gasteiger partial charge in [0.25, 0.3) is 0 Å². The monoisotopic (exact) mass is 297 g/mol. The Morgan fingerprint density at radius 2 is 2.00 bits per heavy atom. The topological polar surface area (TPSA) is 53.6 Å². The quantitative estimate of drug-likeness (QED) is 0.736. The highest BCUT2D eigenvalue weighted by molar-refractivity contribution is 5.83. The summed E-state index contributed by atoms with van der Waals surface area (Å²) in [5, 5.41) is 6.46. The number of carbonyl (C=O) groups excluding carboxylic acids is 1. The van der Waals surface area contributed by atoms with Crippen LogP contribution in [0.2, 0.25) is 0 Å². The largest absolute Gasteiger partial charge is 0.384 e. The summed E-state index contributed by atoms with van der Waals surface area (Å²) < 4.78 is 5.32. The maximum Gasteiger partial charge on any atom is 0.228 e. The van der Waals surface area contributed by atoms with Crippen molar-refractivity contribution in [3.05, 3.63) is 0 Å². The normalized spacial score (nSPS) is 22.6. The second-order valence-electron chi connectivity index (χ2n) is 6.64. The fourth-order valence-electron chi connectivity index (χ4n) is 3.68. The SMILES string of the molecule is COCC1(C(=O)NCCN(C)C2CCCC2)CCNCC1. The van der Waals surface area contributed by atoms with E-state index in [-0.39, 0.29) is 11.3 Å². The first-order valence-electron chi connectivity index (χ1n) is 8.36. The molecule has 1 amide bonds. The second kappa shape index (κ2) is 8.11. The van der Waals surface area contributed by atoms with Crippen LogP contribution in [0.15, 0.2) is 0 Å². The van der Waals surface area contributed by atoms with Gasteiger partial charge in [0.15, 0.2) is 0 Å². The molecule has 0 unspecified atom stereocenters. The van der Waals surface area contributed by atoms with Crippen molar-refractivity contribution in [2.24, 2.45) is 5.41 Å². The highest BCUT2D eigenvalue weighted by Crippen LogP contribution is 2.29. The molecule has 0 atom stereocenters. The highest BCUT2D eigenvalue weighted by Gasteiger charge is 2.39. The Hall–Kier alpha value is -0.650. The smallest absolute Gasteiger partial charge is 0.228 e. The molecule has 1 saturated heterocycles. The second-order valence-corrected chi connectivity index (χ2v) is 6.64. The molecule has 0 radical (unpaired) electrons. The first-order chi connectivity index (χ1) is 10.2. The third-order valence-corrected chi connectivity index (χ3v) is 5.16. The molecular weight excluding hydrogens is 266 g/mol. The Morgan fingerprint density at radius 1 is 1.33 bits per heavy atom. The van der Waals surface area contributed by atoms with Gasteiger partial charge in [-0.05, 0) is 45.8 Å². The minimum absolute atomic E-state index is 0.172. The van der Waals surface area contributed by atoms with Crippen LogP contribution in [0.25, 0.3) is 0 Å². The molecule has 1 aliphatic heterocycles. The van der Waals surface area contributed by atoms with Gasteiger partial charge in [0, 0.05) is 26.2 Å². The van der Waals surface area contributed by atoms with Gasteiger partial charge in [0.05, 0.1) is 12.0 Å². The van der Waals surface area contributed by atoms with Crippen molar-refractivity contribution in [1.29, 1.82) is 0 Å². The van der Waals surface area contributed by atoms with Crippen LogP contribution in [-0.2, 0) is 9.53 Å². The number of amides is 1. The zero-order valence-corrected chi connectivity index (χ0v) is 13.6. The summed E-state index contributed by atoms with van der Waals surface area (Å²) >= 11 is 0. The van der Waals surface area contributed by atoms with E-state index in [4.69, 9.17) is 4.74 Å². The molecule has 5 heteroatoms. The molecule has 2 N–H and O–H groups in total. The fraction of sp³-hybridized carbons (Fsp3) is 0.938. The lowest BCUT2D eigenvalue weighted by Gasteiger charge is -2.35. The summed E-state index contributed by atoms with van der Waals surface area (Å²) in [6, 6.07) is 0.716. The average molecular weight is 297 g/mol. The van der Waals surface area contributed by atoms with Crippen molar-refractivity contribution in [3.8, 4) is 0 Å². The Kier molecular flexibility index (Phi) is 6.45. The molecular formula is C16H31N3O2. The molecule has 0 aromatic rings. The lowest BCUT2D eigenvalue weighted by atomic mass is 9.78. The van der Waals surface area contributed by atoms with Gasteiger partial charge >= 0.3 is 0 Å². The lowest BCUT2D eigenvalue weighted by molar-refractivity contribution is -0.136. The highest BCUT2D eigenvalue weighted by atomic mass is 16.5. The van der Waals surface area contributed by atoms with E-state index in [1.165, 1.54) is 25.7 Å². The summed E-state index contributed by atoms with van der Waals surface area (Å²) in [6.45, 7) is 4.01. The van der Waals surface area contributed by atoms with E-state index in [0.717, 1.165) is 39.0 Å². The number of nitrogens with one attached hydrogen (secondary N) is 2. The van der Waals surface area contributed by atoms with Crippen LogP contribution in [0.3, 0.4) is 0 Å². The van der Waals surface area contributed by atoms with Gasteiger partial charge in [-0.15, -0.1) is 0 Å². The summed E-state index contributed by atoms with van der Waals surface area (Å²) in [7, 11) is 3.86. The van der Waals surface area contributed by atoms with Crippen molar-refractivity contribution in [3.63, 3.8) is 0 Å². The maximum absolute atomic E-state index is 12.6. The molecule has 5 nitrogen and oxygen atoms in total. The van der Waals surface area contributed by atoms with E-state index in [2.05, 4.69) is 22.6 Å². The first-order valence-corrected chi connectivity index (χ1v) is 8.36. The van der Waals surface area contributed by atoms with Crippen molar-refractivity contribution in [2.45, 2.75) is 44.6 Å².